The smallest absolute Gasteiger partial charge is 0.348 e. The average Bonchev–Trinajstić information content (AvgIpc) is 3.15. The van der Waals surface area contributed by atoms with Crippen molar-refractivity contribution in [1.82, 2.24) is 14.8 Å². The van der Waals surface area contributed by atoms with Gasteiger partial charge in [-0.15, -0.1) is 22.7 Å². The molecule has 0 spiro atoms. The zero-order chi connectivity index (χ0) is 15.0. The van der Waals surface area contributed by atoms with E-state index in [9.17, 15) is 4.79 Å². The van der Waals surface area contributed by atoms with Crippen LogP contribution < -0.4 is 0 Å². The first kappa shape index (κ1) is 14.2. The monoisotopic (exact) mass is 321 g/mol. The van der Waals surface area contributed by atoms with Crippen molar-refractivity contribution >= 4 is 38.9 Å². The van der Waals surface area contributed by atoms with Gasteiger partial charge in [0.15, 0.2) is 0 Å². The number of nitrogens with zero attached hydrogens (tertiary/aromatic N) is 3. The highest BCUT2D eigenvalue weighted by atomic mass is 32.1. The van der Waals surface area contributed by atoms with Crippen molar-refractivity contribution < 1.29 is 9.53 Å². The first-order valence-electron chi connectivity index (χ1n) is 6.62. The summed E-state index contributed by atoms with van der Waals surface area (Å²) in [5.74, 6) is -0.304. The van der Waals surface area contributed by atoms with Crippen molar-refractivity contribution in [2.24, 2.45) is 7.05 Å². The number of rotatable bonds is 4. The highest BCUT2D eigenvalue weighted by Gasteiger charge is 2.16. The Morgan fingerprint density at radius 2 is 2.29 bits per heavy atom. The topological polar surface area (TPSA) is 57.0 Å². The third kappa shape index (κ3) is 2.71. The molecule has 5 nitrogen and oxygen atoms in total. The molecule has 3 aromatic rings. The van der Waals surface area contributed by atoms with Gasteiger partial charge >= 0.3 is 5.97 Å². The van der Waals surface area contributed by atoms with Crippen LogP contribution in [-0.4, -0.2) is 20.7 Å². The normalized spacial score (nSPS) is 11.2. The molecule has 0 atom stereocenters. The van der Waals surface area contributed by atoms with Crippen LogP contribution in [0.1, 0.15) is 33.0 Å². The third-order valence-corrected chi connectivity index (χ3v) is 5.37. The number of thiazole rings is 1. The first-order valence-corrected chi connectivity index (χ1v) is 8.31. The Morgan fingerprint density at radius 3 is 2.95 bits per heavy atom. The quantitative estimate of drug-likeness (QED) is 0.692. The summed E-state index contributed by atoms with van der Waals surface area (Å²) < 4.78 is 7.13. The molecule has 0 aliphatic carbocycles. The molecule has 3 rings (SSSR count). The summed E-state index contributed by atoms with van der Waals surface area (Å²) in [6, 6.07) is 1.85. The first-order chi connectivity index (χ1) is 10.1. The predicted molar refractivity (Wildman–Crippen MR) is 83.9 cm³/mol. The van der Waals surface area contributed by atoms with Crippen LogP contribution in [0.5, 0.6) is 0 Å². The van der Waals surface area contributed by atoms with Crippen LogP contribution >= 0.6 is 22.7 Å². The van der Waals surface area contributed by atoms with E-state index in [1.54, 1.807) is 16.0 Å². The van der Waals surface area contributed by atoms with Crippen molar-refractivity contribution in [3.8, 4) is 0 Å². The minimum atomic E-state index is -0.304. The van der Waals surface area contributed by atoms with E-state index in [0.29, 0.717) is 4.88 Å². The van der Waals surface area contributed by atoms with Crippen molar-refractivity contribution in [1.29, 1.82) is 0 Å². The maximum absolute atomic E-state index is 12.1. The lowest BCUT2D eigenvalue weighted by Crippen LogP contribution is -2.03. The summed E-state index contributed by atoms with van der Waals surface area (Å²) in [5, 5.41) is 8.33. The van der Waals surface area contributed by atoms with Crippen LogP contribution in [0.25, 0.3) is 10.2 Å². The van der Waals surface area contributed by atoms with Crippen LogP contribution in [0, 0.1) is 6.92 Å². The van der Waals surface area contributed by atoms with E-state index in [-0.39, 0.29) is 12.6 Å². The Balaban J connectivity index is 1.73. The van der Waals surface area contributed by atoms with Gasteiger partial charge in [-0.3, -0.25) is 4.68 Å². The molecule has 0 saturated carbocycles. The Hall–Kier alpha value is -1.73. The molecule has 0 N–H and O–H groups in total. The molecule has 0 aliphatic heterocycles. The molecule has 0 radical (unpaired) electrons. The molecular formula is C14H15N3O2S2. The van der Waals surface area contributed by atoms with Crippen LogP contribution in [0.4, 0.5) is 0 Å². The fourth-order valence-corrected chi connectivity index (χ4v) is 3.84. The molecule has 0 amide bonds. The molecule has 0 aromatic carbocycles. The summed E-state index contributed by atoms with van der Waals surface area (Å²) in [6.07, 6.45) is 0.904. The molecule has 0 aliphatic rings. The number of carbonyl (C=O) groups is 1. The third-order valence-electron chi connectivity index (χ3n) is 3.15. The highest BCUT2D eigenvalue weighted by Crippen LogP contribution is 2.28. The summed E-state index contributed by atoms with van der Waals surface area (Å²) in [4.78, 5) is 18.1. The van der Waals surface area contributed by atoms with Crippen LogP contribution in [0.15, 0.2) is 11.4 Å². The van der Waals surface area contributed by atoms with Gasteiger partial charge < -0.3 is 4.74 Å². The predicted octanol–water partition coefficient (Wildman–Crippen LogP) is 3.32. The second-order valence-electron chi connectivity index (χ2n) is 4.70. The van der Waals surface area contributed by atoms with Gasteiger partial charge in [0.2, 0.25) is 0 Å². The van der Waals surface area contributed by atoms with Crippen LogP contribution in [-0.2, 0) is 24.8 Å². The number of aromatic nitrogens is 3. The second-order valence-corrected chi connectivity index (χ2v) is 6.67. The average molecular weight is 321 g/mol. The van der Waals surface area contributed by atoms with E-state index in [0.717, 1.165) is 33.0 Å². The highest BCUT2D eigenvalue weighted by molar-refractivity contribution is 7.20. The summed E-state index contributed by atoms with van der Waals surface area (Å²) in [7, 11) is 1.88. The number of ether oxygens (including phenoxy) is 1. The summed E-state index contributed by atoms with van der Waals surface area (Å²) in [5.41, 5.74) is 1.74. The lowest BCUT2D eigenvalue weighted by atomic mass is 10.3. The second kappa shape index (κ2) is 5.57. The molecule has 0 saturated heterocycles. The Labute approximate surface area is 130 Å². The zero-order valence-electron chi connectivity index (χ0n) is 12.0. The molecule has 3 heterocycles. The minimum Gasteiger partial charge on any atom is -0.455 e. The fourth-order valence-electron chi connectivity index (χ4n) is 2.09. The number of hydrogen-bond acceptors (Lipinski definition) is 6. The molecule has 0 bridgehead atoms. The van der Waals surface area contributed by atoms with Gasteiger partial charge in [0.25, 0.3) is 0 Å². The molecule has 0 fully saturated rings. The van der Waals surface area contributed by atoms with E-state index in [4.69, 9.17) is 4.74 Å². The zero-order valence-corrected chi connectivity index (χ0v) is 13.7. The summed E-state index contributed by atoms with van der Waals surface area (Å²) in [6.45, 7) is 4.22. The van der Waals surface area contributed by atoms with Gasteiger partial charge in [-0.2, -0.15) is 5.10 Å². The van der Waals surface area contributed by atoms with E-state index in [1.807, 2.05) is 25.4 Å². The summed E-state index contributed by atoms with van der Waals surface area (Å²) >= 11 is 3.00. The number of esters is 1. The van der Waals surface area contributed by atoms with Crippen LogP contribution in [0.2, 0.25) is 0 Å². The van der Waals surface area contributed by atoms with Gasteiger partial charge in [0, 0.05) is 17.8 Å². The van der Waals surface area contributed by atoms with E-state index in [2.05, 4.69) is 17.0 Å². The molecule has 110 valence electrons. The number of thiophene rings is 1. The van der Waals surface area contributed by atoms with E-state index >= 15 is 0 Å². The van der Waals surface area contributed by atoms with E-state index < -0.39 is 0 Å². The maximum Gasteiger partial charge on any atom is 0.348 e. The molecule has 3 aromatic heterocycles. The SMILES string of the molecule is CCc1nc(COC(=O)c2cc3c(C)nn(C)c3s2)cs1. The van der Waals surface area contributed by atoms with Crippen molar-refractivity contribution in [3.63, 3.8) is 0 Å². The number of fused-ring (bicyclic) bond motifs is 1. The Kier molecular flexibility index (Phi) is 3.77. The number of aryl methyl sites for hydroxylation is 3. The fraction of sp³-hybridized carbons (Fsp3) is 0.357. The largest absolute Gasteiger partial charge is 0.455 e. The molecular weight excluding hydrogens is 306 g/mol. The lowest BCUT2D eigenvalue weighted by molar-refractivity contribution is 0.0474. The standard InChI is InChI=1S/C14H15N3O2S2/c1-4-12-15-9(7-20-12)6-19-14(18)11-5-10-8(2)16-17(3)13(10)21-11/h5,7H,4,6H2,1-3H3. The van der Waals surface area contributed by atoms with Crippen LogP contribution in [0.3, 0.4) is 0 Å². The van der Waals surface area contributed by atoms with Gasteiger partial charge in [-0.25, -0.2) is 9.78 Å². The molecule has 7 heteroatoms. The van der Waals surface area contributed by atoms with Crippen molar-refractivity contribution in [2.75, 3.05) is 0 Å². The Bertz CT molecular complexity index is 766. The number of hydrogen-bond donors (Lipinski definition) is 0. The van der Waals surface area contributed by atoms with Gasteiger partial charge in [0.05, 0.1) is 16.4 Å². The minimum absolute atomic E-state index is 0.223. The Morgan fingerprint density at radius 1 is 1.48 bits per heavy atom. The van der Waals surface area contributed by atoms with E-state index in [1.165, 1.54) is 11.3 Å². The lowest BCUT2D eigenvalue weighted by Gasteiger charge is -2.00. The van der Waals surface area contributed by atoms with Crippen molar-refractivity contribution in [2.45, 2.75) is 26.9 Å². The molecule has 0 unspecified atom stereocenters. The van der Waals surface area contributed by atoms with Gasteiger partial charge in [-0.05, 0) is 19.4 Å². The van der Waals surface area contributed by atoms with Gasteiger partial charge in [0.1, 0.15) is 16.3 Å². The number of carbonyl (C=O) groups excluding carboxylic acids is 1. The maximum atomic E-state index is 12.1. The van der Waals surface area contributed by atoms with Crippen molar-refractivity contribution in [3.05, 3.63) is 32.7 Å². The molecule has 21 heavy (non-hydrogen) atoms. The van der Waals surface area contributed by atoms with Gasteiger partial charge in [-0.1, -0.05) is 6.92 Å².